The number of benzene rings is 2. The highest BCUT2D eigenvalue weighted by Gasteiger charge is 2.46. The normalized spacial score (nSPS) is 16.2. The average molecular weight is 479 g/mol. The van der Waals surface area contributed by atoms with Gasteiger partial charge < -0.3 is 9.52 Å². The van der Waals surface area contributed by atoms with E-state index in [1.54, 1.807) is 67.0 Å². The summed E-state index contributed by atoms with van der Waals surface area (Å²) in [6.45, 7) is 1.82. The summed E-state index contributed by atoms with van der Waals surface area (Å²) >= 11 is 12.3. The molecule has 3 heterocycles. The minimum absolute atomic E-state index is 0.0137. The number of amides is 1. The number of pyridine rings is 1. The van der Waals surface area contributed by atoms with E-state index in [4.69, 9.17) is 27.6 Å². The van der Waals surface area contributed by atoms with Gasteiger partial charge in [-0.2, -0.15) is 0 Å². The smallest absolute Gasteiger partial charge is 0.294 e. The zero-order valence-electron chi connectivity index (χ0n) is 17.3. The van der Waals surface area contributed by atoms with Crippen LogP contribution in [-0.2, 0) is 4.79 Å². The first kappa shape index (κ1) is 21.2. The first-order chi connectivity index (χ1) is 15.8. The third-order valence-corrected chi connectivity index (χ3v) is 6.06. The van der Waals surface area contributed by atoms with Gasteiger partial charge in [0.2, 0.25) is 5.78 Å². The molecule has 0 saturated carbocycles. The molecule has 164 valence electrons. The van der Waals surface area contributed by atoms with Gasteiger partial charge in [0.1, 0.15) is 5.58 Å². The van der Waals surface area contributed by atoms with E-state index in [9.17, 15) is 14.7 Å². The van der Waals surface area contributed by atoms with Gasteiger partial charge in [-0.3, -0.25) is 19.5 Å². The number of carbonyl (C=O) groups is 2. The van der Waals surface area contributed by atoms with Gasteiger partial charge in [0.15, 0.2) is 11.5 Å². The number of halogens is 2. The van der Waals surface area contributed by atoms with Crippen LogP contribution in [0.1, 0.15) is 27.7 Å². The highest BCUT2D eigenvalue weighted by Crippen LogP contribution is 2.43. The van der Waals surface area contributed by atoms with Gasteiger partial charge in [-0.05, 0) is 60.5 Å². The highest BCUT2D eigenvalue weighted by atomic mass is 35.5. The molecule has 0 aliphatic carbocycles. The standard InChI is InChI=1S/C25H16Cl2N2O4/c1-13-4-5-17(27)11-18(13)29-22(14-3-2-8-28-12-14)21(24(31)25(29)32)23(30)20-10-15-9-16(26)6-7-19(15)33-20/h2-12,22,31H,1H3. The molecule has 4 aromatic rings. The maximum Gasteiger partial charge on any atom is 0.294 e. The van der Waals surface area contributed by atoms with Crippen LogP contribution in [0.5, 0.6) is 0 Å². The van der Waals surface area contributed by atoms with Crippen LogP contribution in [-0.4, -0.2) is 21.8 Å². The van der Waals surface area contributed by atoms with Crippen LogP contribution in [0.2, 0.25) is 10.0 Å². The van der Waals surface area contributed by atoms with Gasteiger partial charge in [0.25, 0.3) is 5.91 Å². The maximum absolute atomic E-state index is 13.6. The molecule has 1 aliphatic rings. The molecule has 1 aliphatic heterocycles. The zero-order chi connectivity index (χ0) is 23.3. The van der Waals surface area contributed by atoms with Crippen molar-refractivity contribution in [1.82, 2.24) is 4.98 Å². The number of rotatable bonds is 4. The monoisotopic (exact) mass is 478 g/mol. The van der Waals surface area contributed by atoms with Gasteiger partial charge in [-0.15, -0.1) is 0 Å². The number of fused-ring (bicyclic) bond motifs is 1. The van der Waals surface area contributed by atoms with Crippen molar-refractivity contribution in [3.63, 3.8) is 0 Å². The molecule has 1 N–H and O–H groups in total. The predicted octanol–water partition coefficient (Wildman–Crippen LogP) is 6.23. The Labute approximate surface area is 198 Å². The van der Waals surface area contributed by atoms with E-state index in [1.165, 1.54) is 4.90 Å². The molecule has 6 nitrogen and oxygen atoms in total. The molecule has 1 unspecified atom stereocenters. The second kappa shape index (κ2) is 8.06. The fourth-order valence-corrected chi connectivity index (χ4v) is 4.39. The Bertz CT molecular complexity index is 1460. The van der Waals surface area contributed by atoms with Crippen LogP contribution < -0.4 is 4.90 Å². The molecule has 0 radical (unpaired) electrons. The van der Waals surface area contributed by atoms with E-state index < -0.39 is 23.5 Å². The third kappa shape index (κ3) is 3.57. The number of aromatic nitrogens is 1. The SMILES string of the molecule is Cc1ccc(Cl)cc1N1C(=O)C(O)=C(C(=O)c2cc3cc(Cl)ccc3o2)C1c1cccnc1. The van der Waals surface area contributed by atoms with Crippen molar-refractivity contribution in [2.45, 2.75) is 13.0 Å². The lowest BCUT2D eigenvalue weighted by Gasteiger charge is -2.28. The summed E-state index contributed by atoms with van der Waals surface area (Å²) in [6.07, 6.45) is 3.14. The molecule has 1 atom stereocenters. The lowest BCUT2D eigenvalue weighted by molar-refractivity contribution is -0.117. The first-order valence-corrected chi connectivity index (χ1v) is 10.8. The van der Waals surface area contributed by atoms with E-state index in [0.717, 1.165) is 5.56 Å². The van der Waals surface area contributed by atoms with Crippen molar-refractivity contribution >= 4 is 51.5 Å². The Balaban J connectivity index is 1.68. The van der Waals surface area contributed by atoms with Crippen LogP contribution in [0.4, 0.5) is 5.69 Å². The Morgan fingerprint density at radius 3 is 2.61 bits per heavy atom. The fraction of sp³-hybridized carbons (Fsp3) is 0.0800. The number of aliphatic hydroxyl groups is 1. The number of hydrogen-bond donors (Lipinski definition) is 1. The highest BCUT2D eigenvalue weighted by molar-refractivity contribution is 6.31. The molecule has 2 aromatic heterocycles. The van der Waals surface area contributed by atoms with Crippen LogP contribution in [0.25, 0.3) is 11.0 Å². The van der Waals surface area contributed by atoms with Gasteiger partial charge in [0, 0.05) is 33.5 Å². The molecule has 0 bridgehead atoms. The number of hydrogen-bond acceptors (Lipinski definition) is 5. The number of aryl methyl sites for hydroxylation is 1. The number of Topliss-reactive ketones (excluding diaryl/α,β-unsaturated/α-hetero) is 1. The number of nitrogens with zero attached hydrogens (tertiary/aromatic N) is 2. The van der Waals surface area contributed by atoms with E-state index in [1.807, 2.05) is 6.92 Å². The summed E-state index contributed by atoms with van der Waals surface area (Å²) in [4.78, 5) is 32.4. The van der Waals surface area contributed by atoms with Crippen LogP contribution in [0.3, 0.4) is 0 Å². The first-order valence-electron chi connectivity index (χ1n) is 10.0. The molecule has 0 spiro atoms. The van der Waals surface area contributed by atoms with Crippen LogP contribution >= 0.6 is 23.2 Å². The molecule has 5 rings (SSSR count). The molecule has 0 fully saturated rings. The lowest BCUT2D eigenvalue weighted by atomic mass is 9.95. The molecule has 8 heteroatoms. The van der Waals surface area contributed by atoms with E-state index in [-0.39, 0.29) is 11.3 Å². The maximum atomic E-state index is 13.6. The number of ketones is 1. The van der Waals surface area contributed by atoms with Gasteiger partial charge in [-0.1, -0.05) is 35.3 Å². The van der Waals surface area contributed by atoms with Crippen molar-refractivity contribution in [1.29, 1.82) is 0 Å². The molecule has 2 aromatic carbocycles. The van der Waals surface area contributed by atoms with E-state index >= 15 is 0 Å². The van der Waals surface area contributed by atoms with Crippen molar-refractivity contribution in [2.24, 2.45) is 0 Å². The van der Waals surface area contributed by atoms with Crippen molar-refractivity contribution in [2.75, 3.05) is 4.90 Å². The molecule has 0 saturated heterocycles. The van der Waals surface area contributed by atoms with Crippen LogP contribution in [0.15, 0.2) is 82.7 Å². The Hall–Kier alpha value is -3.61. The van der Waals surface area contributed by atoms with E-state index in [2.05, 4.69) is 4.98 Å². The Kier molecular flexibility index (Phi) is 5.19. The average Bonchev–Trinajstić information content (AvgIpc) is 3.34. The number of aliphatic hydroxyl groups excluding tert-OH is 1. The van der Waals surface area contributed by atoms with Crippen molar-refractivity contribution in [3.8, 4) is 0 Å². The van der Waals surface area contributed by atoms with Gasteiger partial charge >= 0.3 is 0 Å². The van der Waals surface area contributed by atoms with Crippen molar-refractivity contribution in [3.05, 3.63) is 105 Å². The summed E-state index contributed by atoms with van der Waals surface area (Å²) in [7, 11) is 0. The molecular weight excluding hydrogens is 463 g/mol. The number of anilines is 1. The molecule has 33 heavy (non-hydrogen) atoms. The number of furan rings is 1. The minimum Gasteiger partial charge on any atom is -0.503 e. The topological polar surface area (TPSA) is 83.6 Å². The van der Waals surface area contributed by atoms with Gasteiger partial charge in [-0.25, -0.2) is 0 Å². The summed E-state index contributed by atoms with van der Waals surface area (Å²) in [5.41, 5.74) is 2.15. The summed E-state index contributed by atoms with van der Waals surface area (Å²) in [6, 6.07) is 14.1. The second-order valence-corrected chi connectivity index (χ2v) is 8.55. The Morgan fingerprint density at radius 1 is 1.09 bits per heavy atom. The predicted molar refractivity (Wildman–Crippen MR) is 126 cm³/mol. The number of carbonyl (C=O) groups excluding carboxylic acids is 2. The van der Waals surface area contributed by atoms with Crippen molar-refractivity contribution < 1.29 is 19.1 Å². The quantitative estimate of drug-likeness (QED) is 0.351. The molecule has 1 amide bonds. The lowest BCUT2D eigenvalue weighted by Crippen LogP contribution is -2.31. The Morgan fingerprint density at radius 2 is 1.85 bits per heavy atom. The van der Waals surface area contributed by atoms with E-state index in [0.29, 0.717) is 32.3 Å². The summed E-state index contributed by atoms with van der Waals surface area (Å²) in [5.74, 6) is -1.98. The fourth-order valence-electron chi connectivity index (χ4n) is 4.04. The molecular formula is C25H16Cl2N2O4. The summed E-state index contributed by atoms with van der Waals surface area (Å²) < 4.78 is 5.73. The minimum atomic E-state index is -0.923. The van der Waals surface area contributed by atoms with Crippen LogP contribution in [0, 0.1) is 6.92 Å². The third-order valence-electron chi connectivity index (χ3n) is 5.59. The second-order valence-electron chi connectivity index (χ2n) is 7.68. The van der Waals surface area contributed by atoms with Gasteiger partial charge in [0.05, 0.1) is 11.6 Å². The largest absolute Gasteiger partial charge is 0.503 e. The zero-order valence-corrected chi connectivity index (χ0v) is 18.8. The summed E-state index contributed by atoms with van der Waals surface area (Å²) in [5, 5.41) is 12.4.